The highest BCUT2D eigenvalue weighted by atomic mass is 19.4. The van der Waals surface area contributed by atoms with Crippen LogP contribution in [0.4, 0.5) is 19.0 Å². The van der Waals surface area contributed by atoms with E-state index in [1.54, 1.807) is 0 Å². The molecule has 5 heteroatoms. The Morgan fingerprint density at radius 2 is 1.75 bits per heavy atom. The Morgan fingerprint density at radius 1 is 1.05 bits per heavy atom. The minimum atomic E-state index is -4.41. The number of benzene rings is 1. The molecule has 0 radical (unpaired) electrons. The Morgan fingerprint density at radius 3 is 2.40 bits per heavy atom. The summed E-state index contributed by atoms with van der Waals surface area (Å²) in [7, 11) is 0. The van der Waals surface area contributed by atoms with Crippen LogP contribution in [0.25, 0.3) is 0 Å². The van der Waals surface area contributed by atoms with Gasteiger partial charge in [0.1, 0.15) is 11.5 Å². The fourth-order valence-electron chi connectivity index (χ4n) is 1.85. The molecular weight excluding hydrogens is 265 g/mol. The van der Waals surface area contributed by atoms with Crippen molar-refractivity contribution in [1.29, 1.82) is 0 Å². The molecular formula is C15H15F3N2. The number of nitrogens with one attached hydrogen (secondary N) is 1. The van der Waals surface area contributed by atoms with E-state index < -0.39 is 11.9 Å². The number of rotatable bonds is 4. The van der Waals surface area contributed by atoms with Crippen LogP contribution in [0.5, 0.6) is 0 Å². The van der Waals surface area contributed by atoms with Gasteiger partial charge in [0.15, 0.2) is 0 Å². The third-order valence-corrected chi connectivity index (χ3v) is 3.00. The number of alkyl halides is 3. The third-order valence-electron chi connectivity index (χ3n) is 3.00. The van der Waals surface area contributed by atoms with Crippen molar-refractivity contribution < 1.29 is 13.2 Å². The molecule has 1 N–H and O–H groups in total. The Bertz CT molecular complexity index is 553. The summed E-state index contributed by atoms with van der Waals surface area (Å²) in [5.74, 6) is 0.426. The van der Waals surface area contributed by atoms with E-state index in [-0.39, 0.29) is 11.7 Å². The summed E-state index contributed by atoms with van der Waals surface area (Å²) in [4.78, 5) is 3.57. The lowest BCUT2D eigenvalue weighted by atomic mass is 10.0. The Labute approximate surface area is 115 Å². The minimum absolute atomic E-state index is 0.188. The maximum Gasteiger partial charge on any atom is 0.433 e. The molecule has 1 heterocycles. The molecule has 0 amide bonds. The zero-order chi connectivity index (χ0) is 14.6. The molecule has 0 aliphatic carbocycles. The van der Waals surface area contributed by atoms with E-state index in [0.717, 1.165) is 11.6 Å². The molecule has 20 heavy (non-hydrogen) atoms. The van der Waals surface area contributed by atoms with Crippen LogP contribution in [0.2, 0.25) is 0 Å². The predicted molar refractivity (Wildman–Crippen MR) is 72.6 cm³/mol. The average molecular weight is 280 g/mol. The van der Waals surface area contributed by atoms with E-state index in [9.17, 15) is 13.2 Å². The third kappa shape index (κ3) is 3.73. The number of halogens is 3. The van der Waals surface area contributed by atoms with Crippen molar-refractivity contribution in [3.05, 3.63) is 59.8 Å². The molecule has 1 aromatic carbocycles. The first-order valence-corrected chi connectivity index (χ1v) is 6.30. The first-order valence-electron chi connectivity index (χ1n) is 6.30. The second kappa shape index (κ2) is 5.94. The zero-order valence-electron chi connectivity index (χ0n) is 11.0. The minimum Gasteiger partial charge on any atom is -0.369 e. The SMILES string of the molecule is CC(CNc1cccc(C(F)(F)F)n1)c1ccccc1. The first-order chi connectivity index (χ1) is 9.47. The van der Waals surface area contributed by atoms with Gasteiger partial charge in [-0.3, -0.25) is 0 Å². The van der Waals surface area contributed by atoms with Crippen LogP contribution in [-0.4, -0.2) is 11.5 Å². The van der Waals surface area contributed by atoms with E-state index >= 15 is 0 Å². The lowest BCUT2D eigenvalue weighted by molar-refractivity contribution is -0.141. The highest BCUT2D eigenvalue weighted by molar-refractivity contribution is 5.36. The van der Waals surface area contributed by atoms with Crippen LogP contribution >= 0.6 is 0 Å². The molecule has 1 aromatic heterocycles. The first kappa shape index (κ1) is 14.4. The van der Waals surface area contributed by atoms with Crippen LogP contribution < -0.4 is 5.32 Å². The van der Waals surface area contributed by atoms with E-state index in [2.05, 4.69) is 10.3 Å². The van der Waals surface area contributed by atoms with Gasteiger partial charge in [-0.25, -0.2) is 4.98 Å². The highest BCUT2D eigenvalue weighted by Crippen LogP contribution is 2.28. The number of pyridine rings is 1. The van der Waals surface area contributed by atoms with Crippen molar-refractivity contribution in [1.82, 2.24) is 4.98 Å². The van der Waals surface area contributed by atoms with Crippen LogP contribution in [0.15, 0.2) is 48.5 Å². The summed E-state index contributed by atoms with van der Waals surface area (Å²) in [6.07, 6.45) is -4.41. The smallest absolute Gasteiger partial charge is 0.369 e. The molecule has 1 unspecified atom stereocenters. The maximum atomic E-state index is 12.5. The standard InChI is InChI=1S/C15H15F3N2/c1-11(12-6-3-2-4-7-12)10-19-14-9-5-8-13(20-14)15(16,17)18/h2-9,11H,10H2,1H3,(H,19,20). The summed E-state index contributed by atoms with van der Waals surface area (Å²) in [5.41, 5.74) is 0.252. The number of anilines is 1. The number of nitrogens with zero attached hydrogens (tertiary/aromatic N) is 1. The van der Waals surface area contributed by atoms with E-state index in [1.807, 2.05) is 37.3 Å². The normalized spacial score (nSPS) is 13.0. The monoisotopic (exact) mass is 280 g/mol. The number of hydrogen-bond donors (Lipinski definition) is 1. The van der Waals surface area contributed by atoms with Crippen LogP contribution in [0.3, 0.4) is 0 Å². The lowest BCUT2D eigenvalue weighted by Crippen LogP contribution is -2.13. The van der Waals surface area contributed by atoms with Gasteiger partial charge < -0.3 is 5.32 Å². The van der Waals surface area contributed by atoms with Crippen molar-refractivity contribution in [3.8, 4) is 0 Å². The van der Waals surface area contributed by atoms with E-state index in [0.29, 0.717) is 6.54 Å². The van der Waals surface area contributed by atoms with Crippen molar-refractivity contribution in [2.75, 3.05) is 11.9 Å². The number of aromatic nitrogens is 1. The van der Waals surface area contributed by atoms with Crippen LogP contribution in [0.1, 0.15) is 24.1 Å². The van der Waals surface area contributed by atoms with Crippen molar-refractivity contribution in [2.45, 2.75) is 19.0 Å². The average Bonchev–Trinajstić information content (AvgIpc) is 2.45. The van der Waals surface area contributed by atoms with Crippen molar-refractivity contribution >= 4 is 5.82 Å². The molecule has 0 fully saturated rings. The van der Waals surface area contributed by atoms with Gasteiger partial charge in [-0.2, -0.15) is 13.2 Å². The molecule has 1 atom stereocenters. The van der Waals surface area contributed by atoms with Gasteiger partial charge in [0.2, 0.25) is 0 Å². The maximum absolute atomic E-state index is 12.5. The molecule has 0 bridgehead atoms. The summed E-state index contributed by atoms with van der Waals surface area (Å²) in [6.45, 7) is 2.54. The largest absolute Gasteiger partial charge is 0.433 e. The molecule has 0 saturated heterocycles. The Balaban J connectivity index is 2.01. The molecule has 0 spiro atoms. The van der Waals surface area contributed by atoms with Gasteiger partial charge in [0.05, 0.1) is 0 Å². The van der Waals surface area contributed by atoms with Crippen LogP contribution in [0, 0.1) is 0 Å². The molecule has 2 aromatic rings. The molecule has 0 saturated carbocycles. The number of hydrogen-bond acceptors (Lipinski definition) is 2. The molecule has 0 aliphatic heterocycles. The van der Waals surface area contributed by atoms with Gasteiger partial charge in [0.25, 0.3) is 0 Å². The Hall–Kier alpha value is -2.04. The lowest BCUT2D eigenvalue weighted by Gasteiger charge is -2.14. The fraction of sp³-hybridized carbons (Fsp3) is 0.267. The van der Waals surface area contributed by atoms with Gasteiger partial charge in [0, 0.05) is 6.54 Å². The summed E-state index contributed by atoms with van der Waals surface area (Å²) < 4.78 is 37.6. The second-order valence-corrected chi connectivity index (χ2v) is 4.60. The second-order valence-electron chi connectivity index (χ2n) is 4.60. The zero-order valence-corrected chi connectivity index (χ0v) is 11.0. The van der Waals surface area contributed by atoms with Gasteiger partial charge in [-0.05, 0) is 23.6 Å². The summed E-state index contributed by atoms with van der Waals surface area (Å²) in [5, 5.41) is 2.94. The van der Waals surface area contributed by atoms with Gasteiger partial charge in [-0.1, -0.05) is 43.3 Å². The molecule has 2 nitrogen and oxygen atoms in total. The molecule has 0 aliphatic rings. The predicted octanol–water partition coefficient (Wildman–Crippen LogP) is 4.32. The topological polar surface area (TPSA) is 24.9 Å². The fourth-order valence-corrected chi connectivity index (χ4v) is 1.85. The molecule has 106 valence electrons. The summed E-state index contributed by atoms with van der Waals surface area (Å²) >= 11 is 0. The van der Waals surface area contributed by atoms with Gasteiger partial charge in [-0.15, -0.1) is 0 Å². The Kier molecular flexibility index (Phi) is 4.27. The van der Waals surface area contributed by atoms with Crippen LogP contribution in [-0.2, 0) is 6.18 Å². The quantitative estimate of drug-likeness (QED) is 0.902. The van der Waals surface area contributed by atoms with Crippen molar-refractivity contribution in [3.63, 3.8) is 0 Å². The molecule has 2 rings (SSSR count). The van der Waals surface area contributed by atoms with Crippen molar-refractivity contribution in [2.24, 2.45) is 0 Å². The van der Waals surface area contributed by atoms with E-state index in [1.165, 1.54) is 12.1 Å². The highest BCUT2D eigenvalue weighted by Gasteiger charge is 2.32. The van der Waals surface area contributed by atoms with Gasteiger partial charge >= 0.3 is 6.18 Å². The summed E-state index contributed by atoms with van der Waals surface area (Å²) in [6, 6.07) is 13.6. The van der Waals surface area contributed by atoms with E-state index in [4.69, 9.17) is 0 Å².